The first kappa shape index (κ1) is 13.3. The van der Waals surface area contributed by atoms with E-state index in [2.05, 4.69) is 17.1 Å². The van der Waals surface area contributed by atoms with Crippen molar-refractivity contribution in [1.29, 1.82) is 0 Å². The van der Waals surface area contributed by atoms with Gasteiger partial charge in [-0.15, -0.1) is 6.58 Å². The van der Waals surface area contributed by atoms with E-state index in [1.807, 2.05) is 0 Å². The summed E-state index contributed by atoms with van der Waals surface area (Å²) in [6, 6.07) is 6.06. The van der Waals surface area contributed by atoms with Crippen LogP contribution >= 0.6 is 0 Å². The minimum absolute atomic E-state index is 0.262. The van der Waals surface area contributed by atoms with Crippen LogP contribution in [0.15, 0.2) is 42.1 Å². The van der Waals surface area contributed by atoms with E-state index >= 15 is 0 Å². The van der Waals surface area contributed by atoms with Gasteiger partial charge in [0.1, 0.15) is 5.82 Å². The molecule has 0 radical (unpaired) electrons. The molecule has 1 aromatic rings. The van der Waals surface area contributed by atoms with Crippen LogP contribution in [-0.4, -0.2) is 23.8 Å². The highest BCUT2D eigenvalue weighted by atomic mass is 19.1. The number of nitrogens with one attached hydrogen (secondary N) is 1. The molecule has 0 saturated heterocycles. The smallest absolute Gasteiger partial charge is 0.267 e. The first-order valence-electron chi connectivity index (χ1n) is 5.95. The zero-order valence-corrected chi connectivity index (χ0v) is 10.6. The maximum Gasteiger partial charge on any atom is 0.267 e. The van der Waals surface area contributed by atoms with Crippen LogP contribution in [-0.2, 0) is 9.63 Å². The molecule has 5 heteroatoms. The topological polar surface area (TPSA) is 50.7 Å². The van der Waals surface area contributed by atoms with E-state index in [4.69, 9.17) is 4.84 Å². The van der Waals surface area contributed by atoms with E-state index in [0.717, 1.165) is 0 Å². The van der Waals surface area contributed by atoms with Crippen molar-refractivity contribution in [3.05, 3.63) is 48.3 Å². The number of rotatable bonds is 4. The van der Waals surface area contributed by atoms with Crippen molar-refractivity contribution in [2.24, 2.45) is 5.16 Å². The Balaban J connectivity index is 2.09. The molecule has 1 heterocycles. The standard InChI is InChI=1S/C14H15FN2O2/c1-3-7-16-13(18)14(2)9-12(17-19-14)10-5-4-6-11(15)8-10/h3-6,8H,1,7,9H2,2H3,(H,16,18)/t14-/m1/s1. The molecule has 1 aromatic carbocycles. The van der Waals surface area contributed by atoms with E-state index in [1.165, 1.54) is 12.1 Å². The SMILES string of the molecule is C=CCNC(=O)[C@@]1(C)CC(c2cccc(F)c2)=NO1. The van der Waals surface area contributed by atoms with E-state index in [-0.39, 0.29) is 11.7 Å². The summed E-state index contributed by atoms with van der Waals surface area (Å²) in [7, 11) is 0. The van der Waals surface area contributed by atoms with Gasteiger partial charge in [0, 0.05) is 18.5 Å². The summed E-state index contributed by atoms with van der Waals surface area (Å²) in [5.41, 5.74) is 0.140. The second-order valence-electron chi connectivity index (χ2n) is 4.55. The Kier molecular flexibility index (Phi) is 3.64. The predicted octanol–water partition coefficient (Wildman–Crippen LogP) is 2.01. The molecule has 1 aliphatic heterocycles. The van der Waals surface area contributed by atoms with Crippen molar-refractivity contribution < 1.29 is 14.0 Å². The van der Waals surface area contributed by atoms with Gasteiger partial charge >= 0.3 is 0 Å². The van der Waals surface area contributed by atoms with Crippen LogP contribution in [0.1, 0.15) is 18.9 Å². The Morgan fingerprint density at radius 2 is 2.47 bits per heavy atom. The van der Waals surface area contributed by atoms with Crippen LogP contribution in [0.25, 0.3) is 0 Å². The lowest BCUT2D eigenvalue weighted by Crippen LogP contribution is -2.44. The fourth-order valence-electron chi connectivity index (χ4n) is 1.84. The highest BCUT2D eigenvalue weighted by Crippen LogP contribution is 2.26. The third kappa shape index (κ3) is 2.81. The molecular formula is C14H15FN2O2. The zero-order chi connectivity index (χ0) is 13.9. The molecule has 0 aromatic heterocycles. The maximum absolute atomic E-state index is 13.2. The molecule has 1 amide bonds. The largest absolute Gasteiger partial charge is 0.379 e. The molecule has 0 aliphatic carbocycles. The molecule has 2 rings (SSSR count). The highest BCUT2D eigenvalue weighted by Gasteiger charge is 2.41. The second kappa shape index (κ2) is 5.22. The number of hydrogen-bond acceptors (Lipinski definition) is 3. The Labute approximate surface area is 110 Å². The van der Waals surface area contributed by atoms with E-state index < -0.39 is 5.60 Å². The summed E-state index contributed by atoms with van der Waals surface area (Å²) in [5, 5.41) is 6.56. The van der Waals surface area contributed by atoms with Gasteiger partial charge in [-0.05, 0) is 19.1 Å². The number of benzene rings is 1. The average Bonchev–Trinajstić information content (AvgIpc) is 2.80. The number of hydrogen-bond donors (Lipinski definition) is 1. The van der Waals surface area contributed by atoms with Gasteiger partial charge in [-0.1, -0.05) is 23.4 Å². The molecular weight excluding hydrogens is 247 g/mol. The molecule has 1 aliphatic rings. The van der Waals surface area contributed by atoms with E-state index in [9.17, 15) is 9.18 Å². The third-order valence-corrected chi connectivity index (χ3v) is 2.91. The lowest BCUT2D eigenvalue weighted by Gasteiger charge is -2.19. The fraction of sp³-hybridized carbons (Fsp3) is 0.286. The molecule has 0 fully saturated rings. The molecule has 1 N–H and O–H groups in total. The van der Waals surface area contributed by atoms with Gasteiger partial charge in [-0.25, -0.2) is 4.39 Å². The summed E-state index contributed by atoms with van der Waals surface area (Å²) in [6.45, 7) is 5.55. The highest BCUT2D eigenvalue weighted by molar-refractivity contribution is 6.05. The minimum Gasteiger partial charge on any atom is -0.379 e. The zero-order valence-electron chi connectivity index (χ0n) is 10.6. The lowest BCUT2D eigenvalue weighted by atomic mass is 9.95. The Morgan fingerprint density at radius 3 is 3.16 bits per heavy atom. The van der Waals surface area contributed by atoms with Crippen molar-refractivity contribution in [2.75, 3.05) is 6.54 Å². The number of nitrogens with zero attached hydrogens (tertiary/aromatic N) is 1. The average molecular weight is 262 g/mol. The molecule has 4 nitrogen and oxygen atoms in total. The quantitative estimate of drug-likeness (QED) is 0.844. The van der Waals surface area contributed by atoms with Crippen molar-refractivity contribution in [2.45, 2.75) is 18.9 Å². The van der Waals surface area contributed by atoms with Crippen LogP contribution < -0.4 is 5.32 Å². The van der Waals surface area contributed by atoms with Gasteiger partial charge in [0.25, 0.3) is 5.91 Å². The molecule has 0 saturated carbocycles. The second-order valence-corrected chi connectivity index (χ2v) is 4.55. The first-order chi connectivity index (χ1) is 9.05. The van der Waals surface area contributed by atoms with Gasteiger partial charge in [-0.2, -0.15) is 0 Å². The fourth-order valence-corrected chi connectivity index (χ4v) is 1.84. The molecule has 1 atom stereocenters. The summed E-state index contributed by atoms with van der Waals surface area (Å²) in [4.78, 5) is 17.2. The Bertz CT molecular complexity index is 542. The molecule has 0 bridgehead atoms. The van der Waals surface area contributed by atoms with Gasteiger partial charge < -0.3 is 10.2 Å². The summed E-state index contributed by atoms with van der Waals surface area (Å²) in [6.07, 6.45) is 1.89. The van der Waals surface area contributed by atoms with Gasteiger partial charge in [0.15, 0.2) is 0 Å². The van der Waals surface area contributed by atoms with Crippen molar-refractivity contribution in [3.8, 4) is 0 Å². The summed E-state index contributed by atoms with van der Waals surface area (Å²) in [5.74, 6) is -0.604. The van der Waals surface area contributed by atoms with Gasteiger partial charge in [0.2, 0.25) is 5.60 Å². The maximum atomic E-state index is 13.2. The normalized spacial score (nSPS) is 21.5. The predicted molar refractivity (Wildman–Crippen MR) is 70.3 cm³/mol. The molecule has 100 valence electrons. The molecule has 19 heavy (non-hydrogen) atoms. The molecule has 0 unspecified atom stereocenters. The number of amides is 1. The van der Waals surface area contributed by atoms with Crippen LogP contribution in [0, 0.1) is 5.82 Å². The lowest BCUT2D eigenvalue weighted by molar-refractivity contribution is -0.141. The molecule has 0 spiro atoms. The van der Waals surface area contributed by atoms with Gasteiger partial charge in [0.05, 0.1) is 5.71 Å². The van der Waals surface area contributed by atoms with Crippen molar-refractivity contribution in [3.63, 3.8) is 0 Å². The van der Waals surface area contributed by atoms with Crippen LogP contribution in [0.4, 0.5) is 4.39 Å². The van der Waals surface area contributed by atoms with Crippen molar-refractivity contribution >= 4 is 11.6 Å². The number of oxime groups is 1. The van der Waals surface area contributed by atoms with Crippen LogP contribution in [0.5, 0.6) is 0 Å². The number of carbonyl (C=O) groups excluding carboxylic acids is 1. The summed E-state index contributed by atoms with van der Waals surface area (Å²) < 4.78 is 13.2. The Morgan fingerprint density at radius 1 is 1.68 bits per heavy atom. The van der Waals surface area contributed by atoms with Crippen molar-refractivity contribution in [1.82, 2.24) is 5.32 Å². The first-order valence-corrected chi connectivity index (χ1v) is 5.95. The van der Waals surface area contributed by atoms with E-state index in [1.54, 1.807) is 25.1 Å². The van der Waals surface area contributed by atoms with Crippen LogP contribution in [0.3, 0.4) is 0 Å². The number of halogens is 1. The minimum atomic E-state index is -1.05. The summed E-state index contributed by atoms with van der Waals surface area (Å²) >= 11 is 0. The van der Waals surface area contributed by atoms with Crippen LogP contribution in [0.2, 0.25) is 0 Å². The number of carbonyl (C=O) groups is 1. The third-order valence-electron chi connectivity index (χ3n) is 2.91. The monoisotopic (exact) mass is 262 g/mol. The Hall–Kier alpha value is -2.17. The van der Waals surface area contributed by atoms with Gasteiger partial charge in [-0.3, -0.25) is 4.79 Å². The van der Waals surface area contributed by atoms with E-state index in [0.29, 0.717) is 24.2 Å².